The Balaban J connectivity index is 1.62. The predicted molar refractivity (Wildman–Crippen MR) is 98.5 cm³/mol. The summed E-state index contributed by atoms with van der Waals surface area (Å²) in [4.78, 5) is 14.6. The van der Waals surface area contributed by atoms with E-state index in [1.807, 2.05) is 25.7 Å². The van der Waals surface area contributed by atoms with E-state index in [-0.39, 0.29) is 12.1 Å². The Labute approximate surface area is 152 Å². The molecule has 3 unspecified atom stereocenters. The summed E-state index contributed by atoms with van der Waals surface area (Å²) in [5.74, 6) is 0.479. The van der Waals surface area contributed by atoms with Crippen LogP contribution in [0.1, 0.15) is 78.6 Å². The number of carbonyl (C=O) groups excluding carboxylic acids is 1. The maximum Gasteiger partial charge on any atom is 0.410 e. The highest BCUT2D eigenvalue weighted by molar-refractivity contribution is 5.69. The zero-order valence-corrected chi connectivity index (χ0v) is 16.2. The average Bonchev–Trinajstić information content (AvgIpc) is 2.99. The van der Waals surface area contributed by atoms with Gasteiger partial charge in [-0.05, 0) is 71.6 Å². The lowest BCUT2D eigenvalue weighted by Gasteiger charge is -2.43. The van der Waals surface area contributed by atoms with E-state index in [9.17, 15) is 9.90 Å². The Morgan fingerprint density at radius 3 is 2.52 bits per heavy atom. The van der Waals surface area contributed by atoms with Gasteiger partial charge in [-0.1, -0.05) is 12.8 Å². The molecule has 0 bridgehead atoms. The first-order valence-electron chi connectivity index (χ1n) is 10.2. The lowest BCUT2D eigenvalue weighted by molar-refractivity contribution is -0.0374. The molecule has 0 aromatic rings. The van der Waals surface area contributed by atoms with E-state index in [1.54, 1.807) is 0 Å². The molecular weight excluding hydrogens is 316 g/mol. The molecule has 0 aromatic heterocycles. The van der Waals surface area contributed by atoms with E-state index in [0.717, 1.165) is 45.1 Å². The highest BCUT2D eigenvalue weighted by atomic mass is 16.6. The molecular formula is C20H36N2O3. The number of nitrogens with one attached hydrogen (secondary N) is 1. The van der Waals surface area contributed by atoms with Crippen LogP contribution in [0, 0.1) is 5.92 Å². The van der Waals surface area contributed by atoms with Crippen molar-refractivity contribution < 1.29 is 14.6 Å². The second-order valence-corrected chi connectivity index (χ2v) is 9.40. The van der Waals surface area contributed by atoms with Gasteiger partial charge in [0.25, 0.3) is 0 Å². The number of carbonyl (C=O) groups is 1. The van der Waals surface area contributed by atoms with Gasteiger partial charge in [0.15, 0.2) is 0 Å². The second-order valence-electron chi connectivity index (χ2n) is 9.40. The van der Waals surface area contributed by atoms with Crippen molar-refractivity contribution in [3.63, 3.8) is 0 Å². The summed E-state index contributed by atoms with van der Waals surface area (Å²) in [5, 5.41) is 14.1. The number of nitrogens with zero attached hydrogens (tertiary/aromatic N) is 1. The number of hydrogen-bond acceptors (Lipinski definition) is 4. The van der Waals surface area contributed by atoms with Gasteiger partial charge in [-0.25, -0.2) is 4.79 Å². The molecule has 3 aliphatic rings. The lowest BCUT2D eigenvalue weighted by Crippen LogP contribution is -2.55. The standard InChI is InChI=1S/C20H36N2O3/c1-19(2,3)25-18(23)22-13-6-10-17(22)15-8-4-5-9-16(15)21-14-20(24)11-7-12-20/h15-17,21,24H,4-14H2,1-3H3. The smallest absolute Gasteiger partial charge is 0.410 e. The second kappa shape index (κ2) is 7.43. The summed E-state index contributed by atoms with van der Waals surface area (Å²) >= 11 is 0. The van der Waals surface area contributed by atoms with Crippen LogP contribution in [-0.2, 0) is 4.74 Å². The van der Waals surface area contributed by atoms with E-state index >= 15 is 0 Å². The van der Waals surface area contributed by atoms with E-state index in [1.165, 1.54) is 19.3 Å². The molecule has 0 aromatic carbocycles. The monoisotopic (exact) mass is 352 g/mol. The summed E-state index contributed by atoms with van der Waals surface area (Å²) in [6.07, 6.45) is 9.77. The number of hydrogen-bond donors (Lipinski definition) is 2. The molecule has 3 atom stereocenters. The van der Waals surface area contributed by atoms with Crippen molar-refractivity contribution in [2.75, 3.05) is 13.1 Å². The van der Waals surface area contributed by atoms with Gasteiger partial charge in [0.2, 0.25) is 0 Å². The molecule has 1 amide bonds. The van der Waals surface area contributed by atoms with Crippen LogP contribution < -0.4 is 5.32 Å². The molecule has 0 spiro atoms. The molecule has 2 N–H and O–H groups in total. The van der Waals surface area contributed by atoms with Crippen molar-refractivity contribution in [1.29, 1.82) is 0 Å². The zero-order valence-electron chi connectivity index (χ0n) is 16.2. The largest absolute Gasteiger partial charge is 0.444 e. The van der Waals surface area contributed by atoms with Crippen molar-refractivity contribution in [3.8, 4) is 0 Å². The van der Waals surface area contributed by atoms with Crippen molar-refractivity contribution in [2.24, 2.45) is 5.92 Å². The minimum atomic E-state index is -0.484. The minimum absolute atomic E-state index is 0.156. The Kier molecular flexibility index (Phi) is 5.64. The number of rotatable bonds is 4. The summed E-state index contributed by atoms with van der Waals surface area (Å²) in [6.45, 7) is 7.31. The van der Waals surface area contributed by atoms with Gasteiger partial charge >= 0.3 is 6.09 Å². The van der Waals surface area contributed by atoms with Crippen LogP contribution in [0.5, 0.6) is 0 Å². The SMILES string of the molecule is CC(C)(C)OC(=O)N1CCCC1C1CCCCC1NCC1(O)CCC1. The fraction of sp³-hybridized carbons (Fsp3) is 0.950. The van der Waals surface area contributed by atoms with Crippen LogP contribution >= 0.6 is 0 Å². The quantitative estimate of drug-likeness (QED) is 0.813. The third kappa shape index (κ3) is 4.68. The lowest BCUT2D eigenvalue weighted by atomic mass is 9.77. The maximum atomic E-state index is 12.6. The van der Waals surface area contributed by atoms with E-state index in [0.29, 0.717) is 18.5 Å². The van der Waals surface area contributed by atoms with E-state index in [4.69, 9.17) is 4.74 Å². The van der Waals surface area contributed by atoms with Gasteiger partial charge in [-0.2, -0.15) is 0 Å². The molecule has 1 heterocycles. The van der Waals surface area contributed by atoms with Gasteiger partial charge < -0.3 is 20.1 Å². The van der Waals surface area contributed by atoms with Crippen LogP contribution in [0.3, 0.4) is 0 Å². The van der Waals surface area contributed by atoms with Gasteiger partial charge in [0.1, 0.15) is 5.60 Å². The zero-order chi connectivity index (χ0) is 18.1. The fourth-order valence-corrected chi connectivity index (χ4v) is 4.74. The topological polar surface area (TPSA) is 61.8 Å². The molecule has 2 saturated carbocycles. The summed E-state index contributed by atoms with van der Waals surface area (Å²) < 4.78 is 5.65. The number of likely N-dealkylation sites (tertiary alicyclic amines) is 1. The molecule has 2 aliphatic carbocycles. The van der Waals surface area contributed by atoms with Crippen LogP contribution in [0.25, 0.3) is 0 Å². The number of amides is 1. The summed E-state index contributed by atoms with van der Waals surface area (Å²) in [7, 11) is 0. The van der Waals surface area contributed by atoms with Crippen LogP contribution in [-0.4, -0.2) is 52.5 Å². The maximum absolute atomic E-state index is 12.6. The van der Waals surface area contributed by atoms with Gasteiger partial charge in [-0.15, -0.1) is 0 Å². The summed E-state index contributed by atoms with van der Waals surface area (Å²) in [6, 6.07) is 0.690. The Bertz CT molecular complexity index is 470. The van der Waals surface area contributed by atoms with Crippen molar-refractivity contribution >= 4 is 6.09 Å². The first kappa shape index (κ1) is 19.0. The third-order valence-corrected chi connectivity index (χ3v) is 6.22. The molecule has 5 heteroatoms. The molecule has 3 rings (SSSR count). The molecule has 0 radical (unpaired) electrons. The molecule has 25 heavy (non-hydrogen) atoms. The van der Waals surface area contributed by atoms with Gasteiger partial charge in [0.05, 0.1) is 5.60 Å². The van der Waals surface area contributed by atoms with Crippen LogP contribution in [0.4, 0.5) is 4.79 Å². The van der Waals surface area contributed by atoms with Crippen LogP contribution in [0.15, 0.2) is 0 Å². The minimum Gasteiger partial charge on any atom is -0.444 e. The fourth-order valence-electron chi connectivity index (χ4n) is 4.74. The highest BCUT2D eigenvalue weighted by Gasteiger charge is 2.42. The highest BCUT2D eigenvalue weighted by Crippen LogP contribution is 2.36. The van der Waals surface area contributed by atoms with E-state index < -0.39 is 11.2 Å². The summed E-state index contributed by atoms with van der Waals surface area (Å²) in [5.41, 5.74) is -0.926. The first-order valence-corrected chi connectivity index (χ1v) is 10.2. The third-order valence-electron chi connectivity index (χ3n) is 6.22. The molecule has 144 valence electrons. The van der Waals surface area contributed by atoms with E-state index in [2.05, 4.69) is 5.32 Å². The Morgan fingerprint density at radius 2 is 1.88 bits per heavy atom. The van der Waals surface area contributed by atoms with Gasteiger partial charge in [0, 0.05) is 25.2 Å². The Morgan fingerprint density at radius 1 is 1.16 bits per heavy atom. The normalized spacial score (nSPS) is 32.3. The molecule has 1 saturated heterocycles. The first-order chi connectivity index (χ1) is 11.8. The number of ether oxygens (including phenoxy) is 1. The molecule has 3 fully saturated rings. The van der Waals surface area contributed by atoms with Crippen molar-refractivity contribution in [2.45, 2.75) is 102 Å². The van der Waals surface area contributed by atoms with Gasteiger partial charge in [-0.3, -0.25) is 0 Å². The Hall–Kier alpha value is -0.810. The average molecular weight is 353 g/mol. The number of aliphatic hydroxyl groups is 1. The van der Waals surface area contributed by atoms with Crippen molar-refractivity contribution in [3.05, 3.63) is 0 Å². The predicted octanol–water partition coefficient (Wildman–Crippen LogP) is 3.45. The molecule has 1 aliphatic heterocycles. The van der Waals surface area contributed by atoms with Crippen molar-refractivity contribution in [1.82, 2.24) is 10.2 Å². The molecule has 5 nitrogen and oxygen atoms in total. The van der Waals surface area contributed by atoms with Crippen LogP contribution in [0.2, 0.25) is 0 Å².